The average molecular weight is 374 g/mol. The third kappa shape index (κ3) is 4.82. The number of amides is 1. The molecule has 0 N–H and O–H groups in total. The van der Waals surface area contributed by atoms with E-state index in [1.54, 1.807) is 25.3 Å². The molecule has 0 aliphatic rings. The molecule has 0 spiro atoms. The monoisotopic (exact) mass is 374 g/mol. The Balaban J connectivity index is 1.88. The van der Waals surface area contributed by atoms with Crippen molar-refractivity contribution in [1.29, 1.82) is 0 Å². The molecule has 1 aromatic heterocycles. The van der Waals surface area contributed by atoms with Crippen LogP contribution in [-0.4, -0.2) is 23.4 Å². The Bertz CT molecular complexity index is 1050. The van der Waals surface area contributed by atoms with Gasteiger partial charge in [-0.1, -0.05) is 36.4 Å². The fraction of sp³-hybridized carbons (Fsp3) is 0.174. The van der Waals surface area contributed by atoms with Gasteiger partial charge in [0.1, 0.15) is 11.2 Å². The quantitative estimate of drug-likeness (QED) is 0.621. The lowest BCUT2D eigenvalue weighted by Crippen LogP contribution is -2.22. The number of hydrogen-bond donors (Lipinski definition) is 0. The number of carbonyl (C=O) groups excluding carboxylic acids is 2. The third-order valence-electron chi connectivity index (χ3n) is 4.38. The minimum absolute atomic E-state index is 0.0583. The number of methoxy groups -OCH3 is 1. The van der Waals surface area contributed by atoms with E-state index in [1.165, 1.54) is 6.92 Å². The highest BCUT2D eigenvalue weighted by molar-refractivity contribution is 5.94. The lowest BCUT2D eigenvalue weighted by atomic mass is 10.0. The smallest absolute Gasteiger partial charge is 0.252 e. The Morgan fingerprint density at radius 2 is 1.75 bits per heavy atom. The van der Waals surface area contributed by atoms with Crippen molar-refractivity contribution < 1.29 is 14.3 Å². The van der Waals surface area contributed by atoms with E-state index in [-0.39, 0.29) is 18.1 Å². The van der Waals surface area contributed by atoms with E-state index < -0.39 is 0 Å². The van der Waals surface area contributed by atoms with Crippen LogP contribution < -0.4 is 10.2 Å². The van der Waals surface area contributed by atoms with Crippen molar-refractivity contribution in [2.24, 2.45) is 4.99 Å². The molecule has 5 nitrogen and oxygen atoms in total. The normalized spacial score (nSPS) is 11.3. The summed E-state index contributed by atoms with van der Waals surface area (Å²) in [6.07, 6.45) is 1.96. The molecular weight excluding hydrogens is 352 g/mol. The number of aromatic nitrogens is 1. The minimum Gasteiger partial charge on any atom is -0.496 e. The summed E-state index contributed by atoms with van der Waals surface area (Å²) >= 11 is 0. The zero-order valence-electron chi connectivity index (χ0n) is 16.0. The van der Waals surface area contributed by atoms with Crippen LogP contribution in [0.15, 0.2) is 77.9 Å². The highest BCUT2D eigenvalue weighted by Gasteiger charge is 2.11. The van der Waals surface area contributed by atoms with E-state index >= 15 is 0 Å². The van der Waals surface area contributed by atoms with Gasteiger partial charge in [-0.05, 0) is 42.8 Å². The highest BCUT2D eigenvalue weighted by Crippen LogP contribution is 2.21. The minimum atomic E-state index is -0.299. The summed E-state index contributed by atoms with van der Waals surface area (Å²) in [5, 5.41) is 0. The highest BCUT2D eigenvalue weighted by atomic mass is 16.5. The Labute approximate surface area is 163 Å². The van der Waals surface area contributed by atoms with Gasteiger partial charge < -0.3 is 9.30 Å². The van der Waals surface area contributed by atoms with E-state index in [4.69, 9.17) is 4.74 Å². The van der Waals surface area contributed by atoms with Crippen LogP contribution in [0, 0.1) is 0 Å². The van der Waals surface area contributed by atoms with Crippen LogP contribution >= 0.6 is 0 Å². The molecule has 0 aliphatic carbocycles. The molecule has 0 atom stereocenters. The molecule has 0 saturated heterocycles. The van der Waals surface area contributed by atoms with Crippen LogP contribution in [0.2, 0.25) is 0 Å². The summed E-state index contributed by atoms with van der Waals surface area (Å²) in [6, 6.07) is 20.7. The van der Waals surface area contributed by atoms with E-state index in [9.17, 15) is 9.59 Å². The number of Topliss-reactive ketones (excluding diaryl/α,β-unsaturated/α-hetero) is 1. The number of hydrogen-bond acceptors (Lipinski definition) is 3. The summed E-state index contributed by atoms with van der Waals surface area (Å²) in [5.74, 6) is 0.211. The number of pyridine rings is 1. The molecule has 2 aromatic carbocycles. The molecule has 0 aliphatic heterocycles. The molecule has 0 unspecified atom stereocenters. The SMILES string of the molecule is COc1ccc(C(C)=O)cc1CC(=O)N=c1ccccn1Cc1ccccc1. The largest absolute Gasteiger partial charge is 0.496 e. The van der Waals surface area contributed by atoms with Crippen LogP contribution in [-0.2, 0) is 17.8 Å². The van der Waals surface area contributed by atoms with Gasteiger partial charge in [-0.2, -0.15) is 4.99 Å². The van der Waals surface area contributed by atoms with Gasteiger partial charge >= 0.3 is 0 Å². The van der Waals surface area contributed by atoms with Gasteiger partial charge in [0.2, 0.25) is 0 Å². The number of benzene rings is 2. The summed E-state index contributed by atoms with van der Waals surface area (Å²) in [6.45, 7) is 2.12. The lowest BCUT2D eigenvalue weighted by molar-refractivity contribution is -0.117. The van der Waals surface area contributed by atoms with Crippen molar-refractivity contribution in [1.82, 2.24) is 4.57 Å². The van der Waals surface area contributed by atoms with Gasteiger partial charge in [-0.25, -0.2) is 0 Å². The standard InChI is InChI=1S/C23H22N2O3/c1-17(26)19-11-12-21(28-2)20(14-19)15-23(27)24-22-10-6-7-13-25(22)16-18-8-4-3-5-9-18/h3-14H,15-16H2,1-2H3. The average Bonchev–Trinajstić information content (AvgIpc) is 2.70. The van der Waals surface area contributed by atoms with Crippen molar-refractivity contribution in [3.63, 3.8) is 0 Å². The second-order valence-corrected chi connectivity index (χ2v) is 6.44. The number of nitrogens with zero attached hydrogens (tertiary/aromatic N) is 2. The number of carbonyl (C=O) groups is 2. The second kappa shape index (κ2) is 8.95. The Morgan fingerprint density at radius 3 is 2.46 bits per heavy atom. The molecule has 1 amide bonds. The fourth-order valence-electron chi connectivity index (χ4n) is 2.95. The van der Waals surface area contributed by atoms with Crippen LogP contribution in [0.3, 0.4) is 0 Å². The molecule has 142 valence electrons. The van der Waals surface area contributed by atoms with Gasteiger partial charge in [0.25, 0.3) is 5.91 Å². The van der Waals surface area contributed by atoms with Gasteiger partial charge in [0, 0.05) is 23.9 Å². The van der Waals surface area contributed by atoms with E-state index in [0.29, 0.717) is 28.9 Å². The maximum Gasteiger partial charge on any atom is 0.252 e. The number of ketones is 1. The first-order chi connectivity index (χ1) is 13.6. The molecule has 3 aromatic rings. The summed E-state index contributed by atoms with van der Waals surface area (Å²) in [4.78, 5) is 28.5. The first-order valence-corrected chi connectivity index (χ1v) is 9.01. The molecule has 1 heterocycles. The van der Waals surface area contributed by atoms with Gasteiger partial charge in [-0.15, -0.1) is 0 Å². The molecule has 0 saturated carbocycles. The lowest BCUT2D eigenvalue weighted by Gasteiger charge is -2.09. The van der Waals surface area contributed by atoms with Crippen molar-refractivity contribution >= 4 is 11.7 Å². The summed E-state index contributed by atoms with van der Waals surface area (Å²) in [7, 11) is 1.54. The summed E-state index contributed by atoms with van der Waals surface area (Å²) < 4.78 is 7.25. The zero-order valence-corrected chi connectivity index (χ0v) is 16.0. The molecular formula is C23H22N2O3. The third-order valence-corrected chi connectivity index (χ3v) is 4.38. The van der Waals surface area contributed by atoms with Crippen LogP contribution in [0.5, 0.6) is 5.75 Å². The second-order valence-electron chi connectivity index (χ2n) is 6.44. The molecule has 0 bridgehead atoms. The van der Waals surface area contributed by atoms with Crippen LogP contribution in [0.4, 0.5) is 0 Å². The van der Waals surface area contributed by atoms with Crippen molar-refractivity contribution in [3.8, 4) is 5.75 Å². The van der Waals surface area contributed by atoms with Gasteiger partial charge in [0.15, 0.2) is 5.78 Å². The molecule has 3 rings (SSSR count). The van der Waals surface area contributed by atoms with Crippen molar-refractivity contribution in [3.05, 3.63) is 95.1 Å². The Hall–Kier alpha value is -3.47. The first-order valence-electron chi connectivity index (χ1n) is 9.01. The fourth-order valence-corrected chi connectivity index (χ4v) is 2.95. The predicted molar refractivity (Wildman–Crippen MR) is 107 cm³/mol. The summed E-state index contributed by atoms with van der Waals surface area (Å²) in [5.41, 5.74) is 2.90. The topological polar surface area (TPSA) is 60.7 Å². The van der Waals surface area contributed by atoms with Crippen molar-refractivity contribution in [2.45, 2.75) is 19.9 Å². The predicted octanol–water partition coefficient (Wildman–Crippen LogP) is 3.42. The maximum absolute atomic E-state index is 12.6. The maximum atomic E-state index is 12.6. The molecule has 5 heteroatoms. The van der Waals surface area contributed by atoms with Crippen LogP contribution in [0.25, 0.3) is 0 Å². The molecule has 28 heavy (non-hydrogen) atoms. The zero-order chi connectivity index (χ0) is 19.9. The van der Waals surface area contributed by atoms with E-state index in [1.807, 2.05) is 59.3 Å². The van der Waals surface area contributed by atoms with E-state index in [0.717, 1.165) is 5.56 Å². The van der Waals surface area contributed by atoms with E-state index in [2.05, 4.69) is 4.99 Å². The van der Waals surface area contributed by atoms with Crippen molar-refractivity contribution in [2.75, 3.05) is 7.11 Å². The molecule has 0 fully saturated rings. The molecule has 0 radical (unpaired) electrons. The number of rotatable bonds is 6. The Morgan fingerprint density at radius 1 is 1.00 bits per heavy atom. The number of ether oxygens (including phenoxy) is 1. The Kier molecular flexibility index (Phi) is 6.17. The van der Waals surface area contributed by atoms with Gasteiger partial charge in [0.05, 0.1) is 13.5 Å². The van der Waals surface area contributed by atoms with Gasteiger partial charge in [-0.3, -0.25) is 9.59 Å². The van der Waals surface area contributed by atoms with Crippen LogP contribution in [0.1, 0.15) is 28.4 Å². The first kappa shape index (κ1) is 19.3.